The van der Waals surface area contributed by atoms with Gasteiger partial charge in [-0.3, -0.25) is 0 Å². The first-order valence-electron chi connectivity index (χ1n) is 6.25. The van der Waals surface area contributed by atoms with Gasteiger partial charge in [-0.15, -0.1) is 10.2 Å². The van der Waals surface area contributed by atoms with Crippen molar-refractivity contribution in [3.05, 3.63) is 11.9 Å². The molecule has 0 spiro atoms. The van der Waals surface area contributed by atoms with Crippen LogP contribution in [0.1, 0.15) is 25.6 Å². The number of hydrogen-bond donors (Lipinski definition) is 1. The molecule has 0 saturated heterocycles. The highest BCUT2D eigenvalue weighted by atomic mass is 32.2. The minimum atomic E-state index is 0.286. The van der Waals surface area contributed by atoms with Crippen LogP contribution in [0.3, 0.4) is 0 Å². The molecule has 2 aromatic heterocycles. The number of anilines is 2. The van der Waals surface area contributed by atoms with Gasteiger partial charge in [-0.2, -0.15) is 0 Å². The molecule has 0 amide bonds. The number of aromatic nitrogens is 4. The molecule has 20 heavy (non-hydrogen) atoms. The van der Waals surface area contributed by atoms with Crippen molar-refractivity contribution < 1.29 is 0 Å². The van der Waals surface area contributed by atoms with Gasteiger partial charge in [-0.05, 0) is 11.8 Å². The Morgan fingerprint density at radius 2 is 2.00 bits per heavy atom. The van der Waals surface area contributed by atoms with Crippen LogP contribution < -0.4 is 10.2 Å². The Morgan fingerprint density at radius 3 is 2.55 bits per heavy atom. The van der Waals surface area contributed by atoms with Crippen LogP contribution >= 0.6 is 23.1 Å². The summed E-state index contributed by atoms with van der Waals surface area (Å²) in [5.74, 6) is 1.94. The van der Waals surface area contributed by atoms with Crippen molar-refractivity contribution in [2.45, 2.75) is 29.1 Å². The van der Waals surface area contributed by atoms with Crippen LogP contribution in [-0.2, 0) is 0 Å². The highest BCUT2D eigenvalue weighted by Crippen LogP contribution is 2.32. The average Bonchev–Trinajstić information content (AvgIpc) is 2.87. The van der Waals surface area contributed by atoms with Crippen LogP contribution in [0, 0.1) is 0 Å². The summed E-state index contributed by atoms with van der Waals surface area (Å²) < 4.78 is 0.879. The van der Waals surface area contributed by atoms with E-state index in [1.54, 1.807) is 11.3 Å². The molecule has 0 aromatic carbocycles. The normalized spacial score (nSPS) is 10.9. The molecule has 2 aromatic rings. The highest BCUT2D eigenvalue weighted by molar-refractivity contribution is 8.01. The Bertz CT molecular complexity index is 581. The van der Waals surface area contributed by atoms with Gasteiger partial charge in [0.25, 0.3) is 0 Å². The molecule has 0 aliphatic heterocycles. The second kappa shape index (κ2) is 6.36. The molecule has 8 heteroatoms. The smallest absolute Gasteiger partial charge is 0.208 e. The minimum Gasteiger partial charge on any atom is -0.373 e. The van der Waals surface area contributed by atoms with Crippen LogP contribution in [-0.4, -0.2) is 41.3 Å². The summed E-state index contributed by atoms with van der Waals surface area (Å²) in [4.78, 5) is 11.0. The highest BCUT2D eigenvalue weighted by Gasteiger charge is 2.12. The second-order valence-electron chi connectivity index (χ2n) is 4.70. The summed E-state index contributed by atoms with van der Waals surface area (Å²) in [6.45, 7) is 4.16. The summed E-state index contributed by atoms with van der Waals surface area (Å²) in [6, 6.07) is 1.92. The van der Waals surface area contributed by atoms with Gasteiger partial charge < -0.3 is 10.2 Å². The molecule has 6 nitrogen and oxygen atoms in total. The lowest BCUT2D eigenvalue weighted by Crippen LogP contribution is -2.07. The number of hydrogen-bond acceptors (Lipinski definition) is 8. The number of rotatable bonds is 5. The topological polar surface area (TPSA) is 66.8 Å². The Hall–Kier alpha value is -1.41. The zero-order valence-electron chi connectivity index (χ0n) is 12.2. The Labute approximate surface area is 127 Å². The molecule has 0 aliphatic carbocycles. The molecular formula is C12H18N6S2. The molecule has 0 fully saturated rings. The van der Waals surface area contributed by atoms with Gasteiger partial charge in [0.15, 0.2) is 4.34 Å². The van der Waals surface area contributed by atoms with E-state index in [0.29, 0.717) is 0 Å². The minimum absolute atomic E-state index is 0.286. The lowest BCUT2D eigenvalue weighted by molar-refractivity contribution is 0.755. The summed E-state index contributed by atoms with van der Waals surface area (Å²) in [7, 11) is 5.77. The maximum Gasteiger partial charge on any atom is 0.208 e. The molecule has 0 unspecified atom stereocenters. The van der Waals surface area contributed by atoms with Gasteiger partial charge in [0, 0.05) is 33.1 Å². The standard InChI is InChI=1S/C12H18N6S2/c1-7(2)10-14-8(13-3)6-9(15-10)19-12-17-16-11(20-12)18(4)5/h6-7H,1-5H3,(H,13,14,15). The molecule has 0 radical (unpaired) electrons. The van der Waals surface area contributed by atoms with Crippen molar-refractivity contribution in [3.8, 4) is 0 Å². The van der Waals surface area contributed by atoms with Crippen molar-refractivity contribution in [1.29, 1.82) is 0 Å². The first kappa shape index (κ1) is 15.0. The Balaban J connectivity index is 2.25. The van der Waals surface area contributed by atoms with E-state index < -0.39 is 0 Å². The first-order valence-corrected chi connectivity index (χ1v) is 7.88. The molecule has 2 rings (SSSR count). The van der Waals surface area contributed by atoms with E-state index in [0.717, 1.165) is 26.1 Å². The van der Waals surface area contributed by atoms with E-state index in [1.807, 2.05) is 32.1 Å². The van der Waals surface area contributed by atoms with E-state index in [2.05, 4.69) is 39.3 Å². The third kappa shape index (κ3) is 3.57. The summed E-state index contributed by atoms with van der Waals surface area (Å²) in [5, 5.41) is 13.1. The van der Waals surface area contributed by atoms with Crippen LogP contribution in [0.25, 0.3) is 0 Å². The molecule has 0 bridgehead atoms. The maximum atomic E-state index is 4.57. The molecule has 1 N–H and O–H groups in total. The average molecular weight is 310 g/mol. The number of nitrogens with zero attached hydrogens (tertiary/aromatic N) is 5. The van der Waals surface area contributed by atoms with Crippen molar-refractivity contribution in [3.63, 3.8) is 0 Å². The van der Waals surface area contributed by atoms with Crippen molar-refractivity contribution >= 4 is 34.0 Å². The lowest BCUT2D eigenvalue weighted by atomic mass is 10.2. The van der Waals surface area contributed by atoms with Gasteiger partial charge in [-0.25, -0.2) is 9.97 Å². The molecule has 0 saturated carbocycles. The third-order valence-electron chi connectivity index (χ3n) is 2.46. The SMILES string of the molecule is CNc1cc(Sc2nnc(N(C)C)s2)nc(C(C)C)n1. The predicted octanol–water partition coefficient (Wildman–Crippen LogP) is 2.71. The quantitative estimate of drug-likeness (QED) is 0.852. The fourth-order valence-corrected chi connectivity index (χ4v) is 3.11. The van der Waals surface area contributed by atoms with Crippen molar-refractivity contribution in [2.24, 2.45) is 0 Å². The summed E-state index contributed by atoms with van der Waals surface area (Å²) in [6.07, 6.45) is 0. The summed E-state index contributed by atoms with van der Waals surface area (Å²) in [5.41, 5.74) is 0. The Morgan fingerprint density at radius 1 is 1.25 bits per heavy atom. The lowest BCUT2D eigenvalue weighted by Gasteiger charge is -2.08. The molecular weight excluding hydrogens is 292 g/mol. The Kier molecular flexibility index (Phi) is 4.77. The van der Waals surface area contributed by atoms with Crippen LogP contribution in [0.2, 0.25) is 0 Å². The van der Waals surface area contributed by atoms with E-state index in [-0.39, 0.29) is 5.92 Å². The maximum absolute atomic E-state index is 4.57. The summed E-state index contributed by atoms with van der Waals surface area (Å²) >= 11 is 3.06. The fraction of sp³-hybridized carbons (Fsp3) is 0.500. The molecule has 108 valence electrons. The fourth-order valence-electron chi connectivity index (χ4n) is 1.40. The second-order valence-corrected chi connectivity index (χ2v) is 6.92. The van der Waals surface area contributed by atoms with Crippen LogP contribution in [0.15, 0.2) is 15.4 Å². The van der Waals surface area contributed by atoms with Gasteiger partial charge in [0.2, 0.25) is 5.13 Å². The van der Waals surface area contributed by atoms with Gasteiger partial charge in [0.1, 0.15) is 16.7 Å². The van der Waals surface area contributed by atoms with Gasteiger partial charge >= 0.3 is 0 Å². The molecule has 2 heterocycles. The van der Waals surface area contributed by atoms with Crippen molar-refractivity contribution in [1.82, 2.24) is 20.2 Å². The third-order valence-corrected chi connectivity index (χ3v) is 4.52. The molecule has 0 atom stereocenters. The van der Waals surface area contributed by atoms with E-state index >= 15 is 0 Å². The molecule has 0 aliphatic rings. The van der Waals surface area contributed by atoms with Gasteiger partial charge in [0.05, 0.1) is 0 Å². The van der Waals surface area contributed by atoms with E-state index in [9.17, 15) is 0 Å². The van der Waals surface area contributed by atoms with E-state index in [1.165, 1.54) is 11.8 Å². The van der Waals surface area contributed by atoms with E-state index in [4.69, 9.17) is 0 Å². The predicted molar refractivity (Wildman–Crippen MR) is 84.0 cm³/mol. The van der Waals surface area contributed by atoms with Gasteiger partial charge in [-0.1, -0.05) is 25.2 Å². The zero-order chi connectivity index (χ0) is 14.7. The zero-order valence-corrected chi connectivity index (χ0v) is 13.8. The monoisotopic (exact) mass is 310 g/mol. The first-order chi connectivity index (χ1) is 9.49. The van der Waals surface area contributed by atoms with Crippen LogP contribution in [0.5, 0.6) is 0 Å². The number of nitrogens with one attached hydrogen (secondary N) is 1. The van der Waals surface area contributed by atoms with Crippen molar-refractivity contribution in [2.75, 3.05) is 31.4 Å². The van der Waals surface area contributed by atoms with Crippen LogP contribution in [0.4, 0.5) is 10.9 Å². The largest absolute Gasteiger partial charge is 0.373 e.